The maximum Gasteiger partial charge on any atom is 0.169 e. The van der Waals surface area contributed by atoms with E-state index in [2.05, 4.69) is 41.5 Å². The molecule has 19 heavy (non-hydrogen) atoms. The molecule has 1 aliphatic carbocycles. The van der Waals surface area contributed by atoms with Gasteiger partial charge in [0.15, 0.2) is 5.78 Å². The SMILES string of the molecule is Cc1c(C)c(C)c(C(=O)C2(C)CCCC2)c(C)c1C. The molecule has 1 nitrogen and oxygen atoms in total. The molecule has 0 unspecified atom stereocenters. The van der Waals surface area contributed by atoms with Crippen LogP contribution in [0.1, 0.15) is 70.8 Å². The van der Waals surface area contributed by atoms with Crippen molar-refractivity contribution >= 4 is 5.78 Å². The normalized spacial score (nSPS) is 17.8. The minimum Gasteiger partial charge on any atom is -0.294 e. The average molecular weight is 258 g/mol. The second-order valence-corrected chi connectivity index (χ2v) is 6.60. The average Bonchev–Trinajstić information content (AvgIpc) is 2.82. The molecule has 1 aromatic rings. The van der Waals surface area contributed by atoms with Gasteiger partial charge in [-0.1, -0.05) is 19.8 Å². The third kappa shape index (κ3) is 2.13. The third-order valence-corrected chi connectivity index (χ3v) is 5.48. The lowest BCUT2D eigenvalue weighted by molar-refractivity contribution is 0.0822. The Hall–Kier alpha value is -1.11. The number of benzene rings is 1. The van der Waals surface area contributed by atoms with E-state index in [9.17, 15) is 4.79 Å². The molecular weight excluding hydrogens is 232 g/mol. The number of hydrogen-bond acceptors (Lipinski definition) is 1. The lowest BCUT2D eigenvalue weighted by Gasteiger charge is -2.26. The summed E-state index contributed by atoms with van der Waals surface area (Å²) in [5, 5.41) is 0. The molecule has 0 radical (unpaired) electrons. The highest BCUT2D eigenvalue weighted by Gasteiger charge is 2.38. The molecule has 1 aliphatic rings. The smallest absolute Gasteiger partial charge is 0.169 e. The van der Waals surface area contributed by atoms with Gasteiger partial charge in [-0.25, -0.2) is 0 Å². The van der Waals surface area contributed by atoms with Gasteiger partial charge in [0, 0.05) is 11.0 Å². The van der Waals surface area contributed by atoms with E-state index < -0.39 is 0 Å². The van der Waals surface area contributed by atoms with Crippen molar-refractivity contribution in [2.45, 2.75) is 67.2 Å². The van der Waals surface area contributed by atoms with Gasteiger partial charge in [-0.15, -0.1) is 0 Å². The predicted molar refractivity (Wildman–Crippen MR) is 81.0 cm³/mol. The zero-order valence-corrected chi connectivity index (χ0v) is 13.2. The summed E-state index contributed by atoms with van der Waals surface area (Å²) in [6.07, 6.45) is 4.50. The minimum absolute atomic E-state index is 0.121. The monoisotopic (exact) mass is 258 g/mol. The maximum absolute atomic E-state index is 13.0. The van der Waals surface area contributed by atoms with Gasteiger partial charge in [0.25, 0.3) is 0 Å². The van der Waals surface area contributed by atoms with Crippen LogP contribution in [-0.4, -0.2) is 5.78 Å². The van der Waals surface area contributed by atoms with Gasteiger partial charge in [0.1, 0.15) is 0 Å². The van der Waals surface area contributed by atoms with Crippen LogP contribution in [0.5, 0.6) is 0 Å². The molecule has 104 valence electrons. The first kappa shape index (κ1) is 14.3. The van der Waals surface area contributed by atoms with Gasteiger partial charge in [-0.05, 0) is 75.3 Å². The van der Waals surface area contributed by atoms with Crippen molar-refractivity contribution in [1.82, 2.24) is 0 Å². The molecule has 1 fully saturated rings. The van der Waals surface area contributed by atoms with Crippen molar-refractivity contribution in [3.05, 3.63) is 33.4 Å². The molecule has 1 aromatic carbocycles. The first-order chi connectivity index (χ1) is 8.79. The van der Waals surface area contributed by atoms with Crippen LogP contribution in [0.2, 0.25) is 0 Å². The summed E-state index contributed by atoms with van der Waals surface area (Å²) in [4.78, 5) is 13.0. The minimum atomic E-state index is -0.121. The van der Waals surface area contributed by atoms with Gasteiger partial charge < -0.3 is 0 Å². The van der Waals surface area contributed by atoms with Crippen LogP contribution in [-0.2, 0) is 0 Å². The Bertz CT molecular complexity index is 502. The van der Waals surface area contributed by atoms with Crippen molar-refractivity contribution in [2.75, 3.05) is 0 Å². The molecule has 0 aliphatic heterocycles. The van der Waals surface area contributed by atoms with Gasteiger partial charge in [0.05, 0.1) is 0 Å². The number of Topliss-reactive ketones (excluding diaryl/α,β-unsaturated/α-hetero) is 1. The van der Waals surface area contributed by atoms with Crippen LogP contribution >= 0.6 is 0 Å². The molecule has 1 heteroatoms. The summed E-state index contributed by atoms with van der Waals surface area (Å²) in [6, 6.07) is 0. The number of carbonyl (C=O) groups excluding carboxylic acids is 1. The maximum atomic E-state index is 13.0. The zero-order chi connectivity index (χ0) is 14.4. The van der Waals surface area contributed by atoms with Crippen LogP contribution in [0.15, 0.2) is 0 Å². The van der Waals surface area contributed by atoms with Crippen LogP contribution in [0.25, 0.3) is 0 Å². The molecule has 0 saturated heterocycles. The van der Waals surface area contributed by atoms with Gasteiger partial charge in [-0.2, -0.15) is 0 Å². The molecule has 0 bridgehead atoms. The topological polar surface area (TPSA) is 17.1 Å². The van der Waals surface area contributed by atoms with E-state index in [0.717, 1.165) is 18.4 Å². The first-order valence-electron chi connectivity index (χ1n) is 7.41. The molecule has 0 spiro atoms. The van der Waals surface area contributed by atoms with Crippen molar-refractivity contribution in [3.8, 4) is 0 Å². The second-order valence-electron chi connectivity index (χ2n) is 6.60. The Labute approximate surface area is 117 Å². The van der Waals surface area contributed by atoms with E-state index in [-0.39, 0.29) is 5.41 Å². The van der Waals surface area contributed by atoms with Crippen molar-refractivity contribution in [3.63, 3.8) is 0 Å². The Kier molecular flexibility index (Phi) is 3.59. The van der Waals surface area contributed by atoms with E-state index >= 15 is 0 Å². The van der Waals surface area contributed by atoms with E-state index in [0.29, 0.717) is 5.78 Å². The molecule has 0 N–H and O–H groups in total. The first-order valence-corrected chi connectivity index (χ1v) is 7.41. The van der Waals surface area contributed by atoms with E-state index in [4.69, 9.17) is 0 Å². The molecule has 0 heterocycles. The van der Waals surface area contributed by atoms with Crippen molar-refractivity contribution in [2.24, 2.45) is 5.41 Å². The Morgan fingerprint density at radius 1 is 0.789 bits per heavy atom. The molecule has 2 rings (SSSR count). The highest BCUT2D eigenvalue weighted by Crippen LogP contribution is 2.42. The molecule has 0 aromatic heterocycles. The summed E-state index contributed by atoms with van der Waals surface area (Å²) >= 11 is 0. The fraction of sp³-hybridized carbons (Fsp3) is 0.611. The quantitative estimate of drug-likeness (QED) is 0.683. The van der Waals surface area contributed by atoms with Crippen LogP contribution < -0.4 is 0 Å². The van der Waals surface area contributed by atoms with Crippen molar-refractivity contribution < 1.29 is 4.79 Å². The van der Waals surface area contributed by atoms with Crippen molar-refractivity contribution in [1.29, 1.82) is 0 Å². The third-order valence-electron chi connectivity index (χ3n) is 5.48. The summed E-state index contributed by atoms with van der Waals surface area (Å²) in [5.41, 5.74) is 7.18. The zero-order valence-electron chi connectivity index (χ0n) is 13.2. The van der Waals surface area contributed by atoms with E-state index in [1.54, 1.807) is 0 Å². The number of ketones is 1. The number of rotatable bonds is 2. The largest absolute Gasteiger partial charge is 0.294 e. The Morgan fingerprint density at radius 2 is 1.16 bits per heavy atom. The predicted octanol–water partition coefficient (Wildman–Crippen LogP) is 4.99. The standard InChI is InChI=1S/C18H26O/c1-11-12(2)14(4)16(15(5)13(11)3)17(19)18(6)9-7-8-10-18/h7-10H2,1-6H3. The highest BCUT2D eigenvalue weighted by atomic mass is 16.1. The molecule has 1 saturated carbocycles. The Balaban J connectivity index is 2.60. The lowest BCUT2D eigenvalue weighted by Crippen LogP contribution is -2.26. The summed E-state index contributed by atoms with van der Waals surface area (Å²) in [7, 11) is 0. The highest BCUT2D eigenvalue weighted by molar-refractivity contribution is 6.03. The summed E-state index contributed by atoms with van der Waals surface area (Å²) in [5.74, 6) is 0.381. The van der Waals surface area contributed by atoms with Crippen LogP contribution in [0.4, 0.5) is 0 Å². The molecular formula is C18H26O. The summed E-state index contributed by atoms with van der Waals surface area (Å²) in [6.45, 7) is 12.8. The fourth-order valence-corrected chi connectivity index (χ4v) is 3.52. The van der Waals surface area contributed by atoms with E-state index in [1.807, 2.05) is 0 Å². The number of carbonyl (C=O) groups is 1. The Morgan fingerprint density at radius 3 is 1.58 bits per heavy atom. The van der Waals surface area contributed by atoms with Crippen LogP contribution in [0.3, 0.4) is 0 Å². The van der Waals surface area contributed by atoms with Crippen LogP contribution in [0, 0.1) is 40.0 Å². The molecule has 0 amide bonds. The van der Waals surface area contributed by atoms with Gasteiger partial charge >= 0.3 is 0 Å². The number of hydrogen-bond donors (Lipinski definition) is 0. The molecule has 0 atom stereocenters. The van der Waals surface area contributed by atoms with E-state index in [1.165, 1.54) is 40.7 Å². The second kappa shape index (κ2) is 4.77. The van der Waals surface area contributed by atoms with Gasteiger partial charge in [0.2, 0.25) is 0 Å². The summed E-state index contributed by atoms with van der Waals surface area (Å²) < 4.78 is 0. The van der Waals surface area contributed by atoms with Gasteiger partial charge in [-0.3, -0.25) is 4.79 Å². The fourth-order valence-electron chi connectivity index (χ4n) is 3.52. The lowest BCUT2D eigenvalue weighted by atomic mass is 9.76.